The van der Waals surface area contributed by atoms with Crippen molar-refractivity contribution < 1.29 is 4.79 Å². The molecule has 0 fully saturated rings. The van der Waals surface area contributed by atoms with Gasteiger partial charge in [0.1, 0.15) is 6.33 Å². The normalized spacial score (nSPS) is 11.3. The minimum atomic E-state index is -0.195. The van der Waals surface area contributed by atoms with E-state index in [0.29, 0.717) is 0 Å². The molecule has 92 valence electrons. The maximum absolute atomic E-state index is 10.7. The zero-order chi connectivity index (χ0) is 13.0. The lowest BCUT2D eigenvalue weighted by Crippen LogP contribution is -2.15. The molecule has 7 nitrogen and oxygen atoms in total. The van der Waals surface area contributed by atoms with Crippen LogP contribution < -0.4 is 5.43 Å². The second kappa shape index (κ2) is 5.17. The van der Waals surface area contributed by atoms with Crippen molar-refractivity contribution in [3.63, 3.8) is 0 Å². The van der Waals surface area contributed by atoms with E-state index in [-0.39, 0.29) is 5.91 Å². The molecule has 0 saturated heterocycles. The molecule has 1 heterocycles. The first-order chi connectivity index (χ1) is 8.66. The second-order valence-electron chi connectivity index (χ2n) is 3.67. The summed E-state index contributed by atoms with van der Waals surface area (Å²) in [5, 5.41) is 14.9. The van der Waals surface area contributed by atoms with E-state index >= 15 is 0 Å². The molecule has 2 rings (SSSR count). The molecule has 1 amide bonds. The van der Waals surface area contributed by atoms with Gasteiger partial charge in [0, 0.05) is 6.92 Å². The van der Waals surface area contributed by atoms with Crippen molar-refractivity contribution >= 4 is 11.6 Å². The smallest absolute Gasteiger partial charge is 0.236 e. The third-order valence-corrected chi connectivity index (χ3v) is 2.28. The Balaban J connectivity index is 2.17. The number of aromatic nitrogens is 4. The first kappa shape index (κ1) is 11.9. The van der Waals surface area contributed by atoms with Crippen LogP contribution in [0, 0.1) is 0 Å². The zero-order valence-corrected chi connectivity index (χ0v) is 10.0. The van der Waals surface area contributed by atoms with Gasteiger partial charge in [0.25, 0.3) is 0 Å². The van der Waals surface area contributed by atoms with Crippen LogP contribution in [0.3, 0.4) is 0 Å². The molecule has 18 heavy (non-hydrogen) atoms. The molecule has 0 atom stereocenters. The molecule has 2 aromatic rings. The van der Waals surface area contributed by atoms with Crippen molar-refractivity contribution in [2.45, 2.75) is 13.8 Å². The molecular weight excluding hydrogens is 232 g/mol. The standard InChI is InChI=1S/C11H12N6O/c1-8(13-14-9(2)18)10-3-5-11(6-4-10)17-7-12-15-16-17/h3-7H,1-2H3,(H,14,18)/b13-8+. The fourth-order valence-electron chi connectivity index (χ4n) is 1.36. The number of tetrazole rings is 1. The van der Waals surface area contributed by atoms with Gasteiger partial charge in [0.05, 0.1) is 11.4 Å². The summed E-state index contributed by atoms with van der Waals surface area (Å²) in [6, 6.07) is 7.52. The summed E-state index contributed by atoms with van der Waals surface area (Å²) in [5.41, 5.74) is 4.90. The summed E-state index contributed by atoms with van der Waals surface area (Å²) in [6.07, 6.45) is 1.52. The highest BCUT2D eigenvalue weighted by molar-refractivity contribution is 5.99. The van der Waals surface area contributed by atoms with Gasteiger partial charge in [0.15, 0.2) is 0 Å². The average Bonchev–Trinajstić information content (AvgIpc) is 2.90. The van der Waals surface area contributed by atoms with Crippen molar-refractivity contribution in [2.75, 3.05) is 0 Å². The highest BCUT2D eigenvalue weighted by Gasteiger charge is 2.01. The van der Waals surface area contributed by atoms with E-state index in [1.54, 1.807) is 4.68 Å². The molecule has 0 unspecified atom stereocenters. The van der Waals surface area contributed by atoms with E-state index in [4.69, 9.17) is 0 Å². The van der Waals surface area contributed by atoms with Gasteiger partial charge in [-0.1, -0.05) is 12.1 Å². The minimum Gasteiger partial charge on any atom is -0.274 e. The molecule has 7 heteroatoms. The van der Waals surface area contributed by atoms with Gasteiger partial charge in [-0.3, -0.25) is 4.79 Å². The van der Waals surface area contributed by atoms with E-state index in [0.717, 1.165) is 17.0 Å². The number of nitrogens with one attached hydrogen (secondary N) is 1. The molecular formula is C11H12N6O. The Kier molecular flexibility index (Phi) is 3.42. The summed E-state index contributed by atoms with van der Waals surface area (Å²) < 4.78 is 1.56. The fraction of sp³-hybridized carbons (Fsp3) is 0.182. The highest BCUT2D eigenvalue weighted by atomic mass is 16.2. The molecule has 0 aliphatic heterocycles. The van der Waals surface area contributed by atoms with Gasteiger partial charge >= 0.3 is 0 Å². The van der Waals surface area contributed by atoms with Gasteiger partial charge in [0.2, 0.25) is 5.91 Å². The van der Waals surface area contributed by atoms with Crippen LogP contribution in [0.4, 0.5) is 0 Å². The number of amides is 1. The monoisotopic (exact) mass is 244 g/mol. The van der Waals surface area contributed by atoms with Crippen LogP contribution in [-0.4, -0.2) is 31.8 Å². The number of hydrazone groups is 1. The lowest BCUT2D eigenvalue weighted by atomic mass is 10.1. The van der Waals surface area contributed by atoms with Crippen LogP contribution in [0.2, 0.25) is 0 Å². The van der Waals surface area contributed by atoms with Gasteiger partial charge in [-0.15, -0.1) is 5.10 Å². The summed E-state index contributed by atoms with van der Waals surface area (Å²) in [7, 11) is 0. The first-order valence-corrected chi connectivity index (χ1v) is 5.31. The first-order valence-electron chi connectivity index (χ1n) is 5.31. The highest BCUT2D eigenvalue weighted by Crippen LogP contribution is 2.08. The van der Waals surface area contributed by atoms with E-state index < -0.39 is 0 Å². The number of benzene rings is 1. The number of rotatable bonds is 3. The lowest BCUT2D eigenvalue weighted by Gasteiger charge is -2.03. The quantitative estimate of drug-likeness (QED) is 0.630. The number of carbonyl (C=O) groups is 1. The van der Waals surface area contributed by atoms with Crippen molar-refractivity contribution in [1.29, 1.82) is 0 Å². The van der Waals surface area contributed by atoms with E-state index in [1.807, 2.05) is 31.2 Å². The Bertz CT molecular complexity index is 558. The average molecular weight is 244 g/mol. The Hall–Kier alpha value is -2.57. The molecule has 0 saturated carbocycles. The van der Waals surface area contributed by atoms with Gasteiger partial charge in [-0.2, -0.15) is 5.10 Å². The Morgan fingerprint density at radius 3 is 2.56 bits per heavy atom. The molecule has 1 aromatic carbocycles. The van der Waals surface area contributed by atoms with Crippen LogP contribution in [0.1, 0.15) is 19.4 Å². The van der Waals surface area contributed by atoms with Crippen LogP contribution in [0.5, 0.6) is 0 Å². The van der Waals surface area contributed by atoms with Crippen molar-refractivity contribution in [1.82, 2.24) is 25.6 Å². The number of carbonyl (C=O) groups excluding carboxylic acids is 1. The number of hydrogen-bond acceptors (Lipinski definition) is 5. The van der Waals surface area contributed by atoms with Crippen LogP contribution in [0.15, 0.2) is 35.7 Å². The van der Waals surface area contributed by atoms with E-state index in [9.17, 15) is 4.79 Å². The van der Waals surface area contributed by atoms with Crippen LogP contribution >= 0.6 is 0 Å². The Morgan fingerprint density at radius 2 is 2.00 bits per heavy atom. The van der Waals surface area contributed by atoms with Crippen LogP contribution in [0.25, 0.3) is 5.69 Å². The zero-order valence-electron chi connectivity index (χ0n) is 10.0. The fourth-order valence-corrected chi connectivity index (χ4v) is 1.36. The van der Waals surface area contributed by atoms with Crippen molar-refractivity contribution in [2.24, 2.45) is 5.10 Å². The largest absolute Gasteiger partial charge is 0.274 e. The SMILES string of the molecule is CC(=O)N/N=C(\C)c1ccc(-n2cnnn2)cc1. The predicted octanol–water partition coefficient (Wildman–Crippen LogP) is 0.522. The van der Waals surface area contributed by atoms with Crippen LogP contribution in [-0.2, 0) is 4.79 Å². The molecule has 0 aliphatic rings. The minimum absolute atomic E-state index is 0.195. The third-order valence-electron chi connectivity index (χ3n) is 2.28. The summed E-state index contributed by atoms with van der Waals surface area (Å²) >= 11 is 0. The second-order valence-corrected chi connectivity index (χ2v) is 3.67. The summed E-state index contributed by atoms with van der Waals surface area (Å²) in [6.45, 7) is 3.24. The topological polar surface area (TPSA) is 85.1 Å². The third kappa shape index (κ3) is 2.76. The lowest BCUT2D eigenvalue weighted by molar-refractivity contribution is -0.118. The molecule has 1 aromatic heterocycles. The Labute approximate surface area is 104 Å². The number of nitrogens with zero attached hydrogens (tertiary/aromatic N) is 5. The molecule has 0 spiro atoms. The number of hydrogen-bond donors (Lipinski definition) is 1. The Morgan fingerprint density at radius 1 is 1.28 bits per heavy atom. The molecule has 0 aliphatic carbocycles. The molecule has 1 N–H and O–H groups in total. The summed E-state index contributed by atoms with van der Waals surface area (Å²) in [4.78, 5) is 10.7. The van der Waals surface area contributed by atoms with E-state index in [1.165, 1.54) is 13.3 Å². The van der Waals surface area contributed by atoms with Gasteiger partial charge in [-0.25, -0.2) is 10.1 Å². The molecule has 0 bridgehead atoms. The molecule has 0 radical (unpaired) electrons. The van der Waals surface area contributed by atoms with Crippen molar-refractivity contribution in [3.05, 3.63) is 36.2 Å². The maximum atomic E-state index is 10.7. The van der Waals surface area contributed by atoms with E-state index in [2.05, 4.69) is 26.1 Å². The van der Waals surface area contributed by atoms with Gasteiger partial charge in [-0.05, 0) is 35.0 Å². The van der Waals surface area contributed by atoms with Crippen molar-refractivity contribution in [3.8, 4) is 5.69 Å². The summed E-state index contributed by atoms with van der Waals surface area (Å²) in [5.74, 6) is -0.195. The predicted molar refractivity (Wildman–Crippen MR) is 65.2 cm³/mol. The maximum Gasteiger partial charge on any atom is 0.236 e. The van der Waals surface area contributed by atoms with Gasteiger partial charge < -0.3 is 0 Å².